The first kappa shape index (κ1) is 15.0. The van der Waals surface area contributed by atoms with Crippen molar-refractivity contribution in [2.45, 2.75) is 26.2 Å². The number of hydrogen-bond donors (Lipinski definition) is 2. The van der Waals surface area contributed by atoms with Gasteiger partial charge in [0.2, 0.25) is 0 Å². The molecule has 0 aliphatic rings. The van der Waals surface area contributed by atoms with E-state index >= 15 is 0 Å². The maximum Gasteiger partial charge on any atom is 0.258 e. The van der Waals surface area contributed by atoms with Gasteiger partial charge in [0.15, 0.2) is 5.13 Å². The molecule has 0 atom stereocenters. The number of thiazole rings is 1. The van der Waals surface area contributed by atoms with Crippen molar-refractivity contribution in [3.05, 3.63) is 39.3 Å². The number of nitrogen functional groups attached to an aromatic ring is 1. The summed E-state index contributed by atoms with van der Waals surface area (Å²) < 4.78 is 0.705. The first-order valence-corrected chi connectivity index (χ1v) is 7.77. The minimum atomic E-state index is -0.223. The summed E-state index contributed by atoms with van der Waals surface area (Å²) in [6.07, 6.45) is 0. The van der Waals surface area contributed by atoms with Gasteiger partial charge in [0.1, 0.15) is 0 Å². The number of nitrogens with zero attached hydrogens (tertiary/aromatic N) is 1. The molecule has 1 heterocycles. The Morgan fingerprint density at radius 1 is 1.40 bits per heavy atom. The van der Waals surface area contributed by atoms with E-state index in [-0.39, 0.29) is 11.3 Å². The van der Waals surface area contributed by atoms with Crippen LogP contribution in [0, 0.1) is 0 Å². The lowest BCUT2D eigenvalue weighted by molar-refractivity contribution is 0.102. The molecule has 6 heteroatoms. The third kappa shape index (κ3) is 3.37. The number of nitrogens with one attached hydrogen (secondary N) is 1. The lowest BCUT2D eigenvalue weighted by atomic mass is 9.93. The van der Waals surface area contributed by atoms with E-state index in [2.05, 4.69) is 47.0 Å². The van der Waals surface area contributed by atoms with E-state index in [1.54, 1.807) is 18.2 Å². The molecule has 0 aliphatic heterocycles. The van der Waals surface area contributed by atoms with Gasteiger partial charge in [-0.05, 0) is 34.1 Å². The number of rotatable bonds is 2. The second kappa shape index (κ2) is 5.54. The summed E-state index contributed by atoms with van der Waals surface area (Å²) in [7, 11) is 0. The molecule has 0 aliphatic carbocycles. The molecule has 0 bridgehead atoms. The minimum Gasteiger partial charge on any atom is -0.399 e. The van der Waals surface area contributed by atoms with Gasteiger partial charge in [0.25, 0.3) is 5.91 Å². The molecule has 106 valence electrons. The van der Waals surface area contributed by atoms with Crippen LogP contribution in [0.15, 0.2) is 28.1 Å². The van der Waals surface area contributed by atoms with Gasteiger partial charge < -0.3 is 5.73 Å². The van der Waals surface area contributed by atoms with Crippen molar-refractivity contribution in [2.75, 3.05) is 11.1 Å². The molecule has 2 rings (SSSR count). The van der Waals surface area contributed by atoms with Crippen LogP contribution in [0.25, 0.3) is 0 Å². The van der Waals surface area contributed by atoms with Gasteiger partial charge in [0.05, 0.1) is 11.3 Å². The minimum absolute atomic E-state index is 0.0305. The number of nitrogens with two attached hydrogens (primary N) is 1. The van der Waals surface area contributed by atoms with E-state index in [0.717, 1.165) is 5.69 Å². The molecule has 2 aromatic rings. The second-order valence-corrected chi connectivity index (χ2v) is 7.19. The third-order valence-electron chi connectivity index (χ3n) is 2.73. The average molecular weight is 354 g/mol. The maximum absolute atomic E-state index is 12.2. The highest BCUT2D eigenvalue weighted by molar-refractivity contribution is 9.10. The van der Waals surface area contributed by atoms with Crippen molar-refractivity contribution >= 4 is 44.0 Å². The molecule has 0 radical (unpaired) electrons. The number of halogens is 1. The molecular formula is C14H16BrN3OS. The largest absolute Gasteiger partial charge is 0.399 e. The number of carbonyl (C=O) groups is 1. The van der Waals surface area contributed by atoms with Crippen LogP contribution < -0.4 is 11.1 Å². The third-order valence-corrected chi connectivity index (χ3v) is 4.18. The van der Waals surface area contributed by atoms with Gasteiger partial charge >= 0.3 is 0 Å². The second-order valence-electron chi connectivity index (χ2n) is 5.48. The van der Waals surface area contributed by atoms with E-state index in [4.69, 9.17) is 5.73 Å². The van der Waals surface area contributed by atoms with Gasteiger partial charge in [-0.1, -0.05) is 20.8 Å². The summed E-state index contributed by atoms with van der Waals surface area (Å²) in [5, 5.41) is 5.36. The van der Waals surface area contributed by atoms with E-state index in [9.17, 15) is 4.79 Å². The lowest BCUT2D eigenvalue weighted by Crippen LogP contribution is -2.14. The Morgan fingerprint density at radius 3 is 2.70 bits per heavy atom. The Bertz CT molecular complexity index is 646. The van der Waals surface area contributed by atoms with E-state index < -0.39 is 0 Å². The Kier molecular flexibility index (Phi) is 4.15. The van der Waals surface area contributed by atoms with Gasteiger partial charge in [-0.3, -0.25) is 10.1 Å². The number of amides is 1. The van der Waals surface area contributed by atoms with Crippen molar-refractivity contribution < 1.29 is 4.79 Å². The summed E-state index contributed by atoms with van der Waals surface area (Å²) in [5.41, 5.74) is 7.68. The summed E-state index contributed by atoms with van der Waals surface area (Å²) in [4.78, 5) is 16.7. The van der Waals surface area contributed by atoms with Crippen molar-refractivity contribution in [2.24, 2.45) is 0 Å². The zero-order valence-corrected chi connectivity index (χ0v) is 13.9. The molecule has 3 N–H and O–H groups in total. The molecule has 0 unspecified atom stereocenters. The smallest absolute Gasteiger partial charge is 0.258 e. The van der Waals surface area contributed by atoms with Gasteiger partial charge in [-0.2, -0.15) is 0 Å². The number of anilines is 2. The number of benzene rings is 1. The fraction of sp³-hybridized carbons (Fsp3) is 0.286. The molecule has 4 nitrogen and oxygen atoms in total. The van der Waals surface area contributed by atoms with Crippen molar-refractivity contribution in [3.8, 4) is 0 Å². The van der Waals surface area contributed by atoms with Crippen molar-refractivity contribution in [1.82, 2.24) is 4.98 Å². The zero-order chi connectivity index (χ0) is 14.9. The fourth-order valence-corrected chi connectivity index (χ4v) is 2.92. The van der Waals surface area contributed by atoms with Crippen LogP contribution in [0.4, 0.5) is 10.8 Å². The van der Waals surface area contributed by atoms with Crippen molar-refractivity contribution in [1.29, 1.82) is 0 Å². The Morgan fingerprint density at radius 2 is 2.10 bits per heavy atom. The van der Waals surface area contributed by atoms with Crippen LogP contribution in [0.2, 0.25) is 0 Å². The van der Waals surface area contributed by atoms with Gasteiger partial charge in [-0.25, -0.2) is 4.98 Å². The Labute approximate surface area is 130 Å². The molecule has 0 saturated heterocycles. The molecule has 0 saturated carbocycles. The van der Waals surface area contributed by atoms with E-state index in [1.165, 1.54) is 11.3 Å². The highest BCUT2D eigenvalue weighted by atomic mass is 79.9. The maximum atomic E-state index is 12.2. The van der Waals surface area contributed by atoms with Crippen LogP contribution in [-0.4, -0.2) is 10.9 Å². The normalized spacial score (nSPS) is 11.4. The first-order valence-electron chi connectivity index (χ1n) is 6.10. The number of aromatic nitrogens is 1. The van der Waals surface area contributed by atoms with Crippen LogP contribution >= 0.6 is 27.3 Å². The molecule has 0 spiro atoms. The molecule has 1 aromatic heterocycles. The summed E-state index contributed by atoms with van der Waals surface area (Å²) in [6, 6.07) is 5.13. The van der Waals surface area contributed by atoms with Crippen molar-refractivity contribution in [3.63, 3.8) is 0 Å². The Hall–Kier alpha value is -1.40. The van der Waals surface area contributed by atoms with Crippen LogP contribution in [-0.2, 0) is 5.41 Å². The molecular weight excluding hydrogens is 338 g/mol. The standard InChI is InChI=1S/C14H16BrN3OS/c1-14(2,3)11-7-20-13(17-11)18-12(19)9-6-8(16)4-5-10(9)15/h4-7H,16H2,1-3H3,(H,17,18,19). The van der Waals surface area contributed by atoms with Crippen LogP contribution in [0.1, 0.15) is 36.8 Å². The summed E-state index contributed by atoms with van der Waals surface area (Å²) in [5.74, 6) is -0.223. The van der Waals surface area contributed by atoms with Crippen LogP contribution in [0.3, 0.4) is 0 Å². The predicted molar refractivity (Wildman–Crippen MR) is 87.3 cm³/mol. The molecule has 20 heavy (non-hydrogen) atoms. The van der Waals surface area contributed by atoms with E-state index in [0.29, 0.717) is 20.9 Å². The molecule has 1 amide bonds. The van der Waals surface area contributed by atoms with E-state index in [1.807, 2.05) is 5.38 Å². The summed E-state index contributed by atoms with van der Waals surface area (Å²) in [6.45, 7) is 6.26. The monoisotopic (exact) mass is 353 g/mol. The highest BCUT2D eigenvalue weighted by Crippen LogP contribution is 2.27. The summed E-state index contributed by atoms with van der Waals surface area (Å²) >= 11 is 4.77. The Balaban J connectivity index is 2.20. The van der Waals surface area contributed by atoms with Crippen LogP contribution in [0.5, 0.6) is 0 Å². The predicted octanol–water partition coefficient (Wildman–Crippen LogP) is 4.04. The van der Waals surface area contributed by atoms with Gasteiger partial charge in [-0.15, -0.1) is 11.3 Å². The topological polar surface area (TPSA) is 68.0 Å². The quantitative estimate of drug-likeness (QED) is 0.800. The SMILES string of the molecule is CC(C)(C)c1csc(NC(=O)c2cc(N)ccc2Br)n1. The number of carbonyl (C=O) groups excluding carboxylic acids is 1. The first-order chi connectivity index (χ1) is 9.27. The molecule has 1 aromatic carbocycles. The fourth-order valence-electron chi connectivity index (χ4n) is 1.56. The van der Waals surface area contributed by atoms with Gasteiger partial charge in [0, 0.05) is 21.0 Å². The zero-order valence-electron chi connectivity index (χ0n) is 11.5. The molecule has 0 fully saturated rings. The average Bonchev–Trinajstić information content (AvgIpc) is 2.80. The highest BCUT2D eigenvalue weighted by Gasteiger charge is 2.19. The lowest BCUT2D eigenvalue weighted by Gasteiger charge is -2.14. The number of hydrogen-bond acceptors (Lipinski definition) is 4.